The number of nitrogens with one attached hydrogen (secondary N) is 2. The largest absolute Gasteiger partial charge is 0.350 e. The van der Waals surface area contributed by atoms with Crippen molar-refractivity contribution in [1.82, 2.24) is 20.3 Å². The van der Waals surface area contributed by atoms with Crippen molar-refractivity contribution in [3.05, 3.63) is 65.8 Å². The SMILES string of the molecule is O=C(Nc1ccc(N2CCC(F)(F)C2)nc1)C1=NNC2=CC=C(c3cncc(CN4CCCCC4)c3)CC21. The second kappa shape index (κ2) is 10.2. The van der Waals surface area contributed by atoms with Crippen molar-refractivity contribution >= 4 is 28.7 Å². The number of hydrogen-bond donors (Lipinski definition) is 2. The van der Waals surface area contributed by atoms with E-state index in [0.29, 0.717) is 23.6 Å². The maximum absolute atomic E-state index is 13.5. The van der Waals surface area contributed by atoms with Gasteiger partial charge in [0, 0.05) is 37.6 Å². The number of piperidine rings is 1. The number of carbonyl (C=O) groups excluding carboxylic acids is 1. The van der Waals surface area contributed by atoms with E-state index in [1.807, 2.05) is 18.5 Å². The first-order chi connectivity index (χ1) is 18.4. The maximum atomic E-state index is 13.5. The van der Waals surface area contributed by atoms with E-state index < -0.39 is 5.92 Å². The molecule has 1 atom stereocenters. The topological polar surface area (TPSA) is 85.8 Å². The van der Waals surface area contributed by atoms with Gasteiger partial charge in [0.1, 0.15) is 11.5 Å². The molecule has 2 saturated heterocycles. The Morgan fingerprint density at radius 1 is 1.11 bits per heavy atom. The summed E-state index contributed by atoms with van der Waals surface area (Å²) in [7, 11) is 0. The molecule has 2 N–H and O–H groups in total. The fourth-order valence-corrected chi connectivity index (χ4v) is 5.59. The van der Waals surface area contributed by atoms with E-state index in [-0.39, 0.29) is 31.3 Å². The lowest BCUT2D eigenvalue weighted by molar-refractivity contribution is -0.110. The number of rotatable bonds is 6. The van der Waals surface area contributed by atoms with Gasteiger partial charge >= 0.3 is 0 Å². The fourth-order valence-electron chi connectivity index (χ4n) is 5.59. The number of aromatic nitrogens is 2. The van der Waals surface area contributed by atoms with Gasteiger partial charge in [0.2, 0.25) is 0 Å². The van der Waals surface area contributed by atoms with Crippen LogP contribution in [-0.4, -0.2) is 58.6 Å². The van der Waals surface area contributed by atoms with Gasteiger partial charge in [0.05, 0.1) is 24.3 Å². The summed E-state index contributed by atoms with van der Waals surface area (Å²) < 4.78 is 27.1. The molecule has 0 bridgehead atoms. The number of allylic oxidation sites excluding steroid dienone is 4. The highest BCUT2D eigenvalue weighted by Gasteiger charge is 2.39. The number of pyridine rings is 2. The number of alkyl halides is 2. The molecule has 0 saturated carbocycles. The highest BCUT2D eigenvalue weighted by molar-refractivity contribution is 6.44. The van der Waals surface area contributed by atoms with E-state index >= 15 is 0 Å². The minimum Gasteiger partial charge on any atom is -0.350 e. The van der Waals surface area contributed by atoms with Gasteiger partial charge in [-0.05, 0) is 73.3 Å². The molecule has 10 heteroatoms. The molecule has 0 spiro atoms. The lowest BCUT2D eigenvalue weighted by Gasteiger charge is -2.26. The molecule has 8 nitrogen and oxygen atoms in total. The second-order valence-electron chi connectivity index (χ2n) is 10.5. The molecule has 0 radical (unpaired) electrons. The van der Waals surface area contributed by atoms with Gasteiger partial charge < -0.3 is 10.2 Å². The van der Waals surface area contributed by atoms with Gasteiger partial charge in [-0.3, -0.25) is 20.1 Å². The first kappa shape index (κ1) is 24.7. The molecule has 5 heterocycles. The predicted octanol–water partition coefficient (Wildman–Crippen LogP) is 4.19. The summed E-state index contributed by atoms with van der Waals surface area (Å²) in [5, 5.41) is 7.17. The predicted molar refractivity (Wildman–Crippen MR) is 143 cm³/mol. The summed E-state index contributed by atoms with van der Waals surface area (Å²) in [5.74, 6) is -2.71. The molecular weight excluding hydrogens is 488 g/mol. The van der Waals surface area contributed by atoms with Gasteiger partial charge in [-0.2, -0.15) is 5.10 Å². The van der Waals surface area contributed by atoms with Gasteiger partial charge in [0.25, 0.3) is 11.8 Å². The van der Waals surface area contributed by atoms with Crippen LogP contribution in [0.3, 0.4) is 0 Å². The summed E-state index contributed by atoms with van der Waals surface area (Å²) in [5.41, 5.74) is 8.16. The highest BCUT2D eigenvalue weighted by Crippen LogP contribution is 2.34. The third-order valence-electron chi connectivity index (χ3n) is 7.65. The van der Waals surface area contributed by atoms with Crippen LogP contribution in [0.25, 0.3) is 5.57 Å². The zero-order chi connectivity index (χ0) is 26.1. The van der Waals surface area contributed by atoms with Crippen LogP contribution in [0.1, 0.15) is 43.2 Å². The second-order valence-corrected chi connectivity index (χ2v) is 10.5. The number of halogens is 2. The number of hydrogen-bond acceptors (Lipinski definition) is 7. The molecule has 0 aromatic carbocycles. The van der Waals surface area contributed by atoms with Crippen LogP contribution in [-0.2, 0) is 11.3 Å². The van der Waals surface area contributed by atoms with Crippen LogP contribution < -0.4 is 15.6 Å². The first-order valence-corrected chi connectivity index (χ1v) is 13.2. The third-order valence-corrected chi connectivity index (χ3v) is 7.65. The van der Waals surface area contributed by atoms with E-state index in [4.69, 9.17) is 0 Å². The van der Waals surface area contributed by atoms with Crippen LogP contribution in [0.15, 0.2) is 59.7 Å². The average Bonchev–Trinajstić information content (AvgIpc) is 3.52. The Hall–Kier alpha value is -3.66. The number of carbonyl (C=O) groups is 1. The van der Waals surface area contributed by atoms with Crippen LogP contribution in [0, 0.1) is 5.92 Å². The maximum Gasteiger partial charge on any atom is 0.272 e. The zero-order valence-corrected chi connectivity index (χ0v) is 21.2. The molecule has 2 fully saturated rings. The molecule has 3 aliphatic heterocycles. The molecule has 6 rings (SSSR count). The van der Waals surface area contributed by atoms with E-state index in [9.17, 15) is 13.6 Å². The van der Waals surface area contributed by atoms with E-state index in [0.717, 1.165) is 36.5 Å². The van der Waals surface area contributed by atoms with Crippen LogP contribution in [0.5, 0.6) is 0 Å². The van der Waals surface area contributed by atoms with Crippen molar-refractivity contribution in [2.45, 2.75) is 44.6 Å². The number of fused-ring (bicyclic) bond motifs is 1. The zero-order valence-electron chi connectivity index (χ0n) is 21.2. The monoisotopic (exact) mass is 519 g/mol. The Bertz CT molecular complexity index is 1300. The van der Waals surface area contributed by atoms with Crippen LogP contribution in [0.4, 0.5) is 20.3 Å². The molecule has 4 aliphatic rings. The van der Waals surface area contributed by atoms with Gasteiger partial charge in [-0.1, -0.05) is 12.5 Å². The van der Waals surface area contributed by atoms with E-state index in [1.165, 1.54) is 31.0 Å². The molecule has 1 unspecified atom stereocenters. The standard InChI is InChI=1S/C28H31F2N7O/c29-28(30)8-11-37(18-28)25-7-5-22(16-32-25)33-27(38)26-23-13-20(4-6-24(23)34-35-26)21-12-19(14-31-15-21)17-36-9-2-1-3-10-36/h4-7,12,14-16,23,34H,1-3,8-11,13,17-18H2,(H,33,38). The van der Waals surface area contributed by atoms with Crippen molar-refractivity contribution < 1.29 is 13.6 Å². The lowest BCUT2D eigenvalue weighted by Crippen LogP contribution is -2.29. The van der Waals surface area contributed by atoms with Crippen molar-refractivity contribution in [3.63, 3.8) is 0 Å². The Morgan fingerprint density at radius 3 is 2.74 bits per heavy atom. The van der Waals surface area contributed by atoms with E-state index in [2.05, 4.69) is 42.9 Å². The summed E-state index contributed by atoms with van der Waals surface area (Å²) in [6.07, 6.45) is 13.6. The molecule has 2 aromatic heterocycles. The van der Waals surface area contributed by atoms with Crippen molar-refractivity contribution in [3.8, 4) is 0 Å². The molecule has 1 aliphatic carbocycles. The lowest BCUT2D eigenvalue weighted by atomic mass is 9.85. The molecular formula is C28H31F2N7O. The smallest absolute Gasteiger partial charge is 0.272 e. The minimum absolute atomic E-state index is 0.174. The Balaban J connectivity index is 1.10. The molecule has 2 aromatic rings. The Labute approximate surface area is 220 Å². The number of nitrogens with zero attached hydrogens (tertiary/aromatic N) is 5. The summed E-state index contributed by atoms with van der Waals surface area (Å²) >= 11 is 0. The molecule has 1 amide bonds. The fraction of sp³-hybridized carbons (Fsp3) is 0.429. The van der Waals surface area contributed by atoms with Crippen LogP contribution in [0.2, 0.25) is 0 Å². The van der Waals surface area contributed by atoms with Crippen molar-refractivity contribution in [1.29, 1.82) is 0 Å². The van der Waals surface area contributed by atoms with Crippen molar-refractivity contribution in [2.24, 2.45) is 11.0 Å². The van der Waals surface area contributed by atoms with Gasteiger partial charge in [-0.15, -0.1) is 0 Å². The number of hydrazone groups is 1. The van der Waals surface area contributed by atoms with E-state index in [1.54, 1.807) is 17.0 Å². The minimum atomic E-state index is -2.69. The first-order valence-electron chi connectivity index (χ1n) is 13.2. The highest BCUT2D eigenvalue weighted by atomic mass is 19.3. The van der Waals surface area contributed by atoms with Gasteiger partial charge in [-0.25, -0.2) is 13.8 Å². The Kier molecular flexibility index (Phi) is 6.65. The third kappa shape index (κ3) is 5.31. The number of anilines is 2. The van der Waals surface area contributed by atoms with Gasteiger partial charge in [0.15, 0.2) is 0 Å². The summed E-state index contributed by atoms with van der Waals surface area (Å²) in [6.45, 7) is 3.10. The van der Waals surface area contributed by atoms with Crippen molar-refractivity contribution in [2.75, 3.05) is 36.4 Å². The Morgan fingerprint density at radius 2 is 1.97 bits per heavy atom. The number of likely N-dealkylation sites (tertiary alicyclic amines) is 1. The number of amides is 1. The average molecular weight is 520 g/mol. The quantitative estimate of drug-likeness (QED) is 0.595. The normalized spacial score (nSPS) is 22.7. The molecule has 38 heavy (non-hydrogen) atoms. The molecule has 198 valence electrons. The summed E-state index contributed by atoms with van der Waals surface area (Å²) in [6, 6.07) is 5.54. The summed E-state index contributed by atoms with van der Waals surface area (Å²) in [4.78, 5) is 25.9. The van der Waals surface area contributed by atoms with Crippen LogP contribution >= 0.6 is 0 Å².